The molecule has 4 heteroatoms. The summed E-state index contributed by atoms with van der Waals surface area (Å²) in [4.78, 5) is 4.53. The molecule has 0 saturated carbocycles. The van der Waals surface area contributed by atoms with Crippen LogP contribution in [-0.2, 0) is 6.61 Å². The van der Waals surface area contributed by atoms with Crippen LogP contribution >= 0.6 is 0 Å². The lowest BCUT2D eigenvalue weighted by atomic mass is 10.1. The average molecular weight is 281 g/mol. The predicted molar refractivity (Wildman–Crippen MR) is 83.3 cm³/mol. The summed E-state index contributed by atoms with van der Waals surface area (Å²) in [6, 6.07) is 12.0. The third kappa shape index (κ3) is 2.90. The van der Waals surface area contributed by atoms with Crippen molar-refractivity contribution < 1.29 is 4.74 Å². The highest BCUT2D eigenvalue weighted by molar-refractivity contribution is 5.40. The van der Waals surface area contributed by atoms with E-state index in [0.717, 1.165) is 28.2 Å². The highest BCUT2D eigenvalue weighted by atomic mass is 16.5. The molecule has 0 saturated heterocycles. The van der Waals surface area contributed by atoms with Crippen molar-refractivity contribution in [1.82, 2.24) is 9.38 Å². The number of ether oxygens (including phenoxy) is 1. The molecule has 0 fully saturated rings. The summed E-state index contributed by atoms with van der Waals surface area (Å²) < 4.78 is 7.93. The van der Waals surface area contributed by atoms with Crippen molar-refractivity contribution in [2.24, 2.45) is 5.73 Å². The number of aromatic nitrogens is 2. The number of benzene rings is 1. The normalized spacial score (nSPS) is 12.5. The van der Waals surface area contributed by atoms with E-state index >= 15 is 0 Å². The first kappa shape index (κ1) is 13.6. The van der Waals surface area contributed by atoms with Gasteiger partial charge in [-0.05, 0) is 37.6 Å². The Hall–Kier alpha value is -2.33. The van der Waals surface area contributed by atoms with Crippen LogP contribution < -0.4 is 10.5 Å². The van der Waals surface area contributed by atoms with E-state index in [1.165, 1.54) is 0 Å². The van der Waals surface area contributed by atoms with E-state index in [2.05, 4.69) is 11.1 Å². The van der Waals surface area contributed by atoms with Gasteiger partial charge in [0, 0.05) is 24.0 Å². The Kier molecular flexibility index (Phi) is 3.62. The van der Waals surface area contributed by atoms with E-state index in [1.54, 1.807) is 0 Å². The molecule has 2 aromatic heterocycles. The van der Waals surface area contributed by atoms with Gasteiger partial charge < -0.3 is 14.9 Å². The van der Waals surface area contributed by atoms with E-state index in [9.17, 15) is 0 Å². The number of hydrogen-bond acceptors (Lipinski definition) is 3. The summed E-state index contributed by atoms with van der Waals surface area (Å²) in [6.45, 7) is 4.44. The van der Waals surface area contributed by atoms with Crippen LogP contribution in [0.5, 0.6) is 5.75 Å². The summed E-state index contributed by atoms with van der Waals surface area (Å²) in [6.07, 6.45) is 3.96. The van der Waals surface area contributed by atoms with Gasteiger partial charge in [0.05, 0.1) is 5.69 Å². The second kappa shape index (κ2) is 5.58. The first-order valence-corrected chi connectivity index (χ1v) is 7.05. The topological polar surface area (TPSA) is 52.5 Å². The second-order valence-corrected chi connectivity index (χ2v) is 5.32. The maximum atomic E-state index is 6.00. The van der Waals surface area contributed by atoms with Gasteiger partial charge in [-0.3, -0.25) is 0 Å². The van der Waals surface area contributed by atoms with Gasteiger partial charge in [0.2, 0.25) is 0 Å². The molecule has 4 nitrogen and oxygen atoms in total. The molecule has 21 heavy (non-hydrogen) atoms. The molecule has 0 amide bonds. The average Bonchev–Trinajstić information content (AvgIpc) is 2.87. The SMILES string of the molecule is Cc1ccc([C@H](C)N)c(OCc2cn3ccccc3n2)c1. The molecule has 0 spiro atoms. The van der Waals surface area contributed by atoms with Crippen molar-refractivity contribution >= 4 is 5.65 Å². The van der Waals surface area contributed by atoms with E-state index in [1.807, 2.05) is 61.0 Å². The largest absolute Gasteiger partial charge is 0.487 e. The molecule has 2 heterocycles. The van der Waals surface area contributed by atoms with Gasteiger partial charge in [0.15, 0.2) is 0 Å². The van der Waals surface area contributed by atoms with E-state index < -0.39 is 0 Å². The van der Waals surface area contributed by atoms with Crippen LogP contribution in [0, 0.1) is 6.92 Å². The number of hydrogen-bond donors (Lipinski definition) is 1. The number of rotatable bonds is 4. The molecule has 1 aromatic carbocycles. The fourth-order valence-electron chi connectivity index (χ4n) is 2.35. The fourth-order valence-corrected chi connectivity index (χ4v) is 2.35. The number of pyridine rings is 1. The Morgan fingerprint density at radius 2 is 2.14 bits per heavy atom. The minimum atomic E-state index is -0.0540. The zero-order valence-electron chi connectivity index (χ0n) is 12.3. The Bertz CT molecular complexity index is 729. The number of nitrogens with zero attached hydrogens (tertiary/aromatic N) is 2. The molecule has 1 atom stereocenters. The Balaban J connectivity index is 1.82. The molecule has 0 bridgehead atoms. The molecule has 0 aliphatic heterocycles. The summed E-state index contributed by atoms with van der Waals surface area (Å²) >= 11 is 0. The molecule has 0 radical (unpaired) electrons. The van der Waals surface area contributed by atoms with Crippen LogP contribution in [0.1, 0.15) is 29.8 Å². The van der Waals surface area contributed by atoms with Crippen LogP contribution in [0.4, 0.5) is 0 Å². The van der Waals surface area contributed by atoms with Gasteiger partial charge in [-0.15, -0.1) is 0 Å². The molecule has 3 aromatic rings. The molecular weight excluding hydrogens is 262 g/mol. The minimum absolute atomic E-state index is 0.0540. The van der Waals surface area contributed by atoms with Crippen LogP contribution in [0.3, 0.4) is 0 Å². The standard InChI is InChI=1S/C17H19N3O/c1-12-6-7-15(13(2)18)16(9-12)21-11-14-10-20-8-4-3-5-17(20)19-14/h3-10,13H,11,18H2,1-2H3/t13-/m0/s1. The maximum Gasteiger partial charge on any atom is 0.137 e. The van der Waals surface area contributed by atoms with E-state index in [4.69, 9.17) is 10.5 Å². The monoisotopic (exact) mass is 281 g/mol. The fraction of sp³-hybridized carbons (Fsp3) is 0.235. The van der Waals surface area contributed by atoms with Crippen molar-refractivity contribution in [2.75, 3.05) is 0 Å². The Morgan fingerprint density at radius 1 is 1.29 bits per heavy atom. The second-order valence-electron chi connectivity index (χ2n) is 5.32. The van der Waals surface area contributed by atoms with E-state index in [0.29, 0.717) is 6.61 Å². The van der Waals surface area contributed by atoms with Crippen LogP contribution in [0.25, 0.3) is 5.65 Å². The smallest absolute Gasteiger partial charge is 0.137 e. The molecular formula is C17H19N3O. The summed E-state index contributed by atoms with van der Waals surface area (Å²) in [7, 11) is 0. The first-order valence-electron chi connectivity index (χ1n) is 7.05. The van der Waals surface area contributed by atoms with Crippen molar-refractivity contribution in [1.29, 1.82) is 0 Å². The van der Waals surface area contributed by atoms with Gasteiger partial charge in [-0.2, -0.15) is 0 Å². The molecule has 0 aliphatic rings. The van der Waals surface area contributed by atoms with Gasteiger partial charge in [0.1, 0.15) is 18.0 Å². The number of imidazole rings is 1. The predicted octanol–water partition coefficient (Wildman–Crippen LogP) is 3.24. The van der Waals surface area contributed by atoms with Gasteiger partial charge in [-0.1, -0.05) is 18.2 Å². The quantitative estimate of drug-likeness (QED) is 0.798. The zero-order valence-corrected chi connectivity index (χ0v) is 12.3. The van der Waals surface area contributed by atoms with Crippen LogP contribution in [0.15, 0.2) is 48.8 Å². The summed E-state index contributed by atoms with van der Waals surface area (Å²) in [5.74, 6) is 0.835. The summed E-state index contributed by atoms with van der Waals surface area (Å²) in [5, 5.41) is 0. The van der Waals surface area contributed by atoms with Gasteiger partial charge >= 0.3 is 0 Å². The van der Waals surface area contributed by atoms with Crippen LogP contribution in [-0.4, -0.2) is 9.38 Å². The maximum absolute atomic E-state index is 6.00. The van der Waals surface area contributed by atoms with Crippen molar-refractivity contribution in [2.45, 2.75) is 26.5 Å². The molecule has 3 rings (SSSR count). The van der Waals surface area contributed by atoms with Gasteiger partial charge in [-0.25, -0.2) is 4.98 Å². The lowest BCUT2D eigenvalue weighted by Gasteiger charge is -2.14. The Morgan fingerprint density at radius 3 is 2.90 bits per heavy atom. The third-order valence-corrected chi connectivity index (χ3v) is 3.45. The lowest BCUT2D eigenvalue weighted by molar-refractivity contribution is 0.297. The van der Waals surface area contributed by atoms with Gasteiger partial charge in [0.25, 0.3) is 0 Å². The molecule has 108 valence electrons. The first-order chi connectivity index (χ1) is 10.1. The van der Waals surface area contributed by atoms with Crippen molar-refractivity contribution in [3.05, 3.63) is 65.6 Å². The van der Waals surface area contributed by atoms with Crippen molar-refractivity contribution in [3.63, 3.8) is 0 Å². The molecule has 0 aliphatic carbocycles. The van der Waals surface area contributed by atoms with Crippen molar-refractivity contribution in [3.8, 4) is 5.75 Å². The number of fused-ring (bicyclic) bond motifs is 1. The highest BCUT2D eigenvalue weighted by Crippen LogP contribution is 2.25. The highest BCUT2D eigenvalue weighted by Gasteiger charge is 2.09. The minimum Gasteiger partial charge on any atom is -0.487 e. The summed E-state index contributed by atoms with van der Waals surface area (Å²) in [5.41, 5.74) is 9.99. The lowest BCUT2D eigenvalue weighted by Crippen LogP contribution is -2.08. The third-order valence-electron chi connectivity index (χ3n) is 3.45. The number of nitrogens with two attached hydrogens (primary N) is 1. The molecule has 0 unspecified atom stereocenters. The zero-order chi connectivity index (χ0) is 14.8. The van der Waals surface area contributed by atoms with E-state index in [-0.39, 0.29) is 6.04 Å². The van der Waals surface area contributed by atoms with Crippen LogP contribution in [0.2, 0.25) is 0 Å². The Labute approximate surface area is 124 Å². The number of aryl methyl sites for hydroxylation is 1. The molecule has 2 N–H and O–H groups in total.